The molecule has 0 aromatic heterocycles. The minimum atomic E-state index is -5.71. The van der Waals surface area contributed by atoms with Gasteiger partial charge in [0.05, 0.1) is 19.6 Å². The first-order valence-electron chi connectivity index (χ1n) is 24.9. The summed E-state index contributed by atoms with van der Waals surface area (Å²) in [6, 6.07) is 21.4. The quantitative estimate of drug-likeness (QED) is 0.0173. The van der Waals surface area contributed by atoms with Crippen LogP contribution in [0.4, 0.5) is 52.7 Å². The van der Waals surface area contributed by atoms with Crippen LogP contribution in [-0.4, -0.2) is 115 Å². The van der Waals surface area contributed by atoms with E-state index in [1.807, 2.05) is 0 Å². The fourth-order valence-corrected chi connectivity index (χ4v) is 8.80. The maximum atomic E-state index is 15.3. The summed E-state index contributed by atoms with van der Waals surface area (Å²) in [5.74, 6) is -9.89. The first-order chi connectivity index (χ1) is 38.9. The molecule has 4 aromatic carbocycles. The molecule has 14 nitrogen and oxygen atoms in total. The average Bonchev–Trinajstić information content (AvgIpc) is 1.71. The summed E-state index contributed by atoms with van der Waals surface area (Å²) in [5, 5.41) is 0. The average molecular weight is 1200 g/mol. The van der Waals surface area contributed by atoms with Gasteiger partial charge < -0.3 is 42.6 Å². The number of methoxy groups -OCH3 is 5. The van der Waals surface area contributed by atoms with Gasteiger partial charge in [-0.25, -0.2) is 19.2 Å². The summed E-state index contributed by atoms with van der Waals surface area (Å²) >= 11 is 0. The van der Waals surface area contributed by atoms with Gasteiger partial charge in [-0.3, -0.25) is 4.79 Å². The van der Waals surface area contributed by atoms with E-state index in [2.05, 4.69) is 4.74 Å². The maximum Gasteiger partial charge on any atom is 0.432 e. The molecule has 83 heavy (non-hydrogen) atoms. The third kappa shape index (κ3) is 15.3. The van der Waals surface area contributed by atoms with E-state index in [1.165, 1.54) is 55.5 Å². The minimum Gasteiger partial charge on any atom is -0.469 e. The number of esters is 5. The van der Waals surface area contributed by atoms with E-state index in [-0.39, 0.29) is 19.3 Å². The molecule has 0 N–H and O–H groups in total. The smallest absolute Gasteiger partial charge is 0.432 e. The Morgan fingerprint density at radius 3 is 1.08 bits per heavy atom. The Kier molecular flexibility index (Phi) is 23.7. The van der Waals surface area contributed by atoms with Crippen molar-refractivity contribution >= 4 is 29.8 Å². The fraction of sp³-hybridized carbons (Fsp3) is 0.421. The molecule has 0 heterocycles. The summed E-state index contributed by atoms with van der Waals surface area (Å²) in [5.41, 5.74) is -18.6. The van der Waals surface area contributed by atoms with E-state index < -0.39 is 143 Å². The lowest BCUT2D eigenvalue weighted by Gasteiger charge is -2.36. The number of ether oxygens (including phenoxy) is 9. The largest absolute Gasteiger partial charge is 0.469 e. The van der Waals surface area contributed by atoms with E-state index in [1.54, 1.807) is 0 Å². The molecule has 454 valence electrons. The number of carbonyl (C=O) groups is 5. The lowest BCUT2D eigenvalue weighted by molar-refractivity contribution is -0.280. The van der Waals surface area contributed by atoms with E-state index in [0.29, 0.717) is 28.4 Å². The monoisotopic (exact) mass is 1190 g/mol. The second-order valence-electron chi connectivity index (χ2n) is 18.2. The number of alkyl halides is 12. The Bertz CT molecular complexity index is 2800. The molecule has 0 radical (unpaired) electrons. The lowest BCUT2D eigenvalue weighted by atomic mass is 9.91. The molecule has 26 heteroatoms. The second kappa shape index (κ2) is 28.8. The fourth-order valence-electron chi connectivity index (χ4n) is 8.80. The van der Waals surface area contributed by atoms with Gasteiger partial charge in [0.1, 0.15) is 18.3 Å². The molecular weight excluding hydrogens is 1140 g/mol. The van der Waals surface area contributed by atoms with Gasteiger partial charge >= 0.3 is 54.6 Å². The SMILES string of the molecule is COC(=O)C[C@@H](C[C@H](C[C@@H](/C=C/C=C/CCC[C@@H](C)OC(=O)[C@](OC)(c1ccccc1)C(F)(F)F)OC(=O)[C@](OC)(c1ccccc1)C(F)(F)F)OC(=O)[C@](OC)(c1ccccc1)C(F)(F)F)OC(=O)[C@](OC)(c1ccccc1)C(F)(F)F. The van der Waals surface area contributed by atoms with Crippen molar-refractivity contribution in [1.82, 2.24) is 0 Å². The number of hydrogen-bond acceptors (Lipinski definition) is 14. The van der Waals surface area contributed by atoms with Crippen molar-refractivity contribution in [2.45, 2.75) is 117 Å². The van der Waals surface area contributed by atoms with Gasteiger partial charge in [0.25, 0.3) is 22.4 Å². The summed E-state index contributed by atoms with van der Waals surface area (Å²) in [6.45, 7) is 1.30. The molecule has 0 aliphatic carbocycles. The highest BCUT2D eigenvalue weighted by atomic mass is 19.4. The van der Waals surface area contributed by atoms with Crippen LogP contribution in [0.25, 0.3) is 0 Å². The van der Waals surface area contributed by atoms with Crippen molar-refractivity contribution in [2.24, 2.45) is 0 Å². The summed E-state index contributed by atoms with van der Waals surface area (Å²) in [6.07, 6.45) is -29.5. The Morgan fingerprint density at radius 2 is 0.759 bits per heavy atom. The molecular formula is C57H58F12O14. The van der Waals surface area contributed by atoms with Crippen molar-refractivity contribution in [3.8, 4) is 0 Å². The Balaban J connectivity index is 1.83. The lowest BCUT2D eigenvalue weighted by Crippen LogP contribution is -2.54. The van der Waals surface area contributed by atoms with Crippen LogP contribution in [0.2, 0.25) is 0 Å². The van der Waals surface area contributed by atoms with Crippen molar-refractivity contribution < 1.29 is 119 Å². The topological polar surface area (TPSA) is 168 Å². The Labute approximate surface area is 468 Å². The number of allylic oxidation sites excluding steroid dienone is 3. The van der Waals surface area contributed by atoms with Gasteiger partial charge in [0.2, 0.25) is 0 Å². The van der Waals surface area contributed by atoms with E-state index in [4.69, 9.17) is 37.9 Å². The molecule has 0 saturated heterocycles. The highest BCUT2D eigenvalue weighted by Crippen LogP contribution is 2.48. The van der Waals surface area contributed by atoms with Crippen LogP contribution in [0.15, 0.2) is 146 Å². The molecule has 4 aromatic rings. The number of rotatable bonds is 28. The molecule has 0 amide bonds. The van der Waals surface area contributed by atoms with Crippen LogP contribution >= 0.6 is 0 Å². The van der Waals surface area contributed by atoms with Crippen molar-refractivity contribution in [2.75, 3.05) is 35.5 Å². The Hall–Kier alpha value is -7.29. The van der Waals surface area contributed by atoms with Gasteiger partial charge in [-0.05, 0) is 32.3 Å². The van der Waals surface area contributed by atoms with Crippen molar-refractivity contribution in [3.63, 3.8) is 0 Å². The van der Waals surface area contributed by atoms with Crippen LogP contribution in [0.1, 0.15) is 67.7 Å². The molecule has 0 unspecified atom stereocenters. The number of halogens is 12. The zero-order valence-electron chi connectivity index (χ0n) is 45.2. The van der Waals surface area contributed by atoms with E-state index in [9.17, 15) is 37.1 Å². The van der Waals surface area contributed by atoms with Gasteiger partial charge in [-0.2, -0.15) is 52.7 Å². The standard InChI is InChI=1S/C57H58F12O14/c1-37(80-46(71)50(76-3,54(58,59)60)38-25-15-10-16-26-38)24-14-8-7-9-23-33-42(81-47(72)51(77-4,55(61,62)63)39-27-17-11-18-28-39)34-43(82-48(73)52(78-5,56(64,65)66)40-29-19-12-20-30-40)35-44(36-45(70)75-2)83-49(74)53(79-6,57(67,68)69)41-31-21-13-22-32-41/h7,9-13,15-23,25-33,37,42-44H,8,14,24,34-36H2,1-6H3/b9-7+,33-23+/t37-,42-,43+,44-,50-,51-,52-,53-/m1/s1. The third-order valence-electron chi connectivity index (χ3n) is 13.0. The summed E-state index contributed by atoms with van der Waals surface area (Å²) in [7, 11) is 2.93. The zero-order valence-corrected chi connectivity index (χ0v) is 45.2. The van der Waals surface area contributed by atoms with Crippen molar-refractivity contribution in [1.29, 1.82) is 0 Å². The highest BCUT2D eigenvalue weighted by Gasteiger charge is 2.68. The van der Waals surface area contributed by atoms with Crippen LogP contribution < -0.4 is 0 Å². The molecule has 4 rings (SSSR count). The van der Waals surface area contributed by atoms with Crippen molar-refractivity contribution in [3.05, 3.63) is 168 Å². The zero-order chi connectivity index (χ0) is 62.1. The van der Waals surface area contributed by atoms with Crippen LogP contribution in [0, 0.1) is 0 Å². The summed E-state index contributed by atoms with van der Waals surface area (Å²) in [4.78, 5) is 68.5. The Morgan fingerprint density at radius 1 is 0.434 bits per heavy atom. The molecule has 0 fully saturated rings. The van der Waals surface area contributed by atoms with Gasteiger partial charge in [0, 0.05) is 63.5 Å². The molecule has 0 aliphatic heterocycles. The number of hydrogen-bond donors (Lipinski definition) is 0. The van der Waals surface area contributed by atoms with E-state index in [0.717, 1.165) is 104 Å². The molecule has 8 atom stereocenters. The predicted octanol–water partition coefficient (Wildman–Crippen LogP) is 11.7. The number of carbonyl (C=O) groups excluding carboxylic acids is 5. The normalized spacial score (nSPS) is 16.9. The molecule has 0 aliphatic rings. The molecule has 0 bridgehead atoms. The molecule has 0 spiro atoms. The first-order valence-corrected chi connectivity index (χ1v) is 24.9. The van der Waals surface area contributed by atoms with Gasteiger partial charge in [-0.15, -0.1) is 0 Å². The highest BCUT2D eigenvalue weighted by molar-refractivity contribution is 5.85. The van der Waals surface area contributed by atoms with E-state index >= 15 is 39.5 Å². The second-order valence-corrected chi connectivity index (χ2v) is 18.2. The van der Waals surface area contributed by atoms with Gasteiger partial charge in [0.15, 0.2) is 0 Å². The number of benzene rings is 4. The van der Waals surface area contributed by atoms with Crippen LogP contribution in [-0.2, 0) is 89.0 Å². The summed E-state index contributed by atoms with van der Waals surface area (Å²) < 4.78 is 226. The maximum absolute atomic E-state index is 15.3. The van der Waals surface area contributed by atoms with Gasteiger partial charge in [-0.1, -0.05) is 140 Å². The predicted molar refractivity (Wildman–Crippen MR) is 268 cm³/mol. The minimum absolute atomic E-state index is 0.0413. The third-order valence-corrected chi connectivity index (χ3v) is 13.0. The number of unbranched alkanes of at least 4 members (excludes halogenated alkanes) is 1. The van der Waals surface area contributed by atoms with Crippen LogP contribution in [0.3, 0.4) is 0 Å². The van der Waals surface area contributed by atoms with Crippen LogP contribution in [0.5, 0.6) is 0 Å². The first kappa shape index (κ1) is 68.2. The molecule has 0 saturated carbocycles.